The van der Waals surface area contributed by atoms with Crippen LogP contribution >= 0.6 is 0 Å². The molecular weight excluding hydrogens is 188 g/mol. The van der Waals surface area contributed by atoms with Gasteiger partial charge in [0.2, 0.25) is 0 Å². The molecule has 0 heterocycles. The Kier molecular flexibility index (Phi) is 4.88. The Hall–Kier alpha value is -1.31. The molecule has 81 valence electrons. The molecule has 1 rings (SSSR count). The molecule has 0 aliphatic rings. The molecule has 1 radical (unpaired) electrons. The molecule has 0 fully saturated rings. The van der Waals surface area contributed by atoms with E-state index in [1.54, 1.807) is 6.92 Å². The van der Waals surface area contributed by atoms with Gasteiger partial charge >= 0.3 is 5.97 Å². The lowest BCUT2D eigenvalue weighted by Gasteiger charge is -2.17. The van der Waals surface area contributed by atoms with Gasteiger partial charge in [0, 0.05) is 6.42 Å². The monoisotopic (exact) mass is 205 g/mol. The van der Waals surface area contributed by atoms with Gasteiger partial charge in [-0.2, -0.15) is 0 Å². The molecule has 0 saturated carbocycles. The van der Waals surface area contributed by atoms with Crippen molar-refractivity contribution >= 4 is 5.97 Å². The molecule has 2 heteroatoms. The molecule has 0 aliphatic carbocycles. The van der Waals surface area contributed by atoms with Gasteiger partial charge in [-0.3, -0.25) is 4.79 Å². The minimum Gasteiger partial charge on any atom is -0.457 e. The zero-order valence-electron chi connectivity index (χ0n) is 9.11. The summed E-state index contributed by atoms with van der Waals surface area (Å²) in [6, 6.07) is 9.80. The standard InChI is InChI=1S/C13H17O2/c1-3-8-12(15-13(14)4-2)11-9-6-5-7-10-11/h5-7,9-10,12H,1,3-4,8H2,2H3. The summed E-state index contributed by atoms with van der Waals surface area (Å²) < 4.78 is 5.35. The van der Waals surface area contributed by atoms with E-state index < -0.39 is 0 Å². The maximum absolute atomic E-state index is 11.2. The largest absolute Gasteiger partial charge is 0.457 e. The Morgan fingerprint density at radius 1 is 1.40 bits per heavy atom. The lowest BCUT2D eigenvalue weighted by atomic mass is 10.1. The molecule has 15 heavy (non-hydrogen) atoms. The first-order valence-electron chi connectivity index (χ1n) is 5.31. The van der Waals surface area contributed by atoms with Crippen molar-refractivity contribution in [1.82, 2.24) is 0 Å². The topological polar surface area (TPSA) is 26.3 Å². The normalized spacial score (nSPS) is 12.1. The molecule has 0 aliphatic heterocycles. The summed E-state index contributed by atoms with van der Waals surface area (Å²) >= 11 is 0. The Morgan fingerprint density at radius 3 is 2.60 bits per heavy atom. The van der Waals surface area contributed by atoms with Gasteiger partial charge in [0.25, 0.3) is 0 Å². The third kappa shape index (κ3) is 3.74. The van der Waals surface area contributed by atoms with Crippen molar-refractivity contribution in [3.63, 3.8) is 0 Å². The SMILES string of the molecule is [CH2]CCC(OC(=O)CC)c1ccccc1. The van der Waals surface area contributed by atoms with Crippen molar-refractivity contribution in [3.8, 4) is 0 Å². The van der Waals surface area contributed by atoms with Crippen LogP contribution < -0.4 is 0 Å². The number of esters is 1. The summed E-state index contributed by atoms with van der Waals surface area (Å²) in [5.74, 6) is -0.155. The molecule has 1 aromatic rings. The second-order valence-corrected chi connectivity index (χ2v) is 3.38. The average Bonchev–Trinajstić information content (AvgIpc) is 2.29. The maximum Gasteiger partial charge on any atom is 0.306 e. The number of carbonyl (C=O) groups is 1. The molecule has 0 aromatic heterocycles. The van der Waals surface area contributed by atoms with Crippen LogP contribution in [0.25, 0.3) is 0 Å². The van der Waals surface area contributed by atoms with Gasteiger partial charge < -0.3 is 4.74 Å². The van der Waals surface area contributed by atoms with E-state index in [1.807, 2.05) is 30.3 Å². The Morgan fingerprint density at radius 2 is 2.07 bits per heavy atom. The fraction of sp³-hybridized carbons (Fsp3) is 0.385. The molecule has 0 saturated heterocycles. The number of benzene rings is 1. The molecule has 0 amide bonds. The van der Waals surface area contributed by atoms with Gasteiger partial charge in [0.1, 0.15) is 6.10 Å². The van der Waals surface area contributed by atoms with E-state index in [0.29, 0.717) is 6.42 Å². The quantitative estimate of drug-likeness (QED) is 0.689. The van der Waals surface area contributed by atoms with Crippen LogP contribution in [0.15, 0.2) is 30.3 Å². The van der Waals surface area contributed by atoms with Gasteiger partial charge in [0.15, 0.2) is 0 Å². The van der Waals surface area contributed by atoms with Crippen molar-refractivity contribution in [2.75, 3.05) is 0 Å². The summed E-state index contributed by atoms with van der Waals surface area (Å²) in [5, 5.41) is 0. The first-order valence-corrected chi connectivity index (χ1v) is 5.31. The molecule has 0 N–H and O–H groups in total. The zero-order chi connectivity index (χ0) is 11.1. The smallest absolute Gasteiger partial charge is 0.306 e. The third-order valence-corrected chi connectivity index (χ3v) is 2.20. The fourth-order valence-electron chi connectivity index (χ4n) is 1.39. The Balaban J connectivity index is 2.70. The number of hydrogen-bond donors (Lipinski definition) is 0. The van der Waals surface area contributed by atoms with E-state index in [4.69, 9.17) is 4.74 Å². The number of hydrogen-bond acceptors (Lipinski definition) is 2. The molecule has 1 unspecified atom stereocenters. The van der Waals surface area contributed by atoms with E-state index >= 15 is 0 Å². The summed E-state index contributed by atoms with van der Waals surface area (Å²) in [5.41, 5.74) is 1.04. The summed E-state index contributed by atoms with van der Waals surface area (Å²) in [7, 11) is 0. The van der Waals surface area contributed by atoms with Crippen molar-refractivity contribution in [1.29, 1.82) is 0 Å². The highest BCUT2D eigenvalue weighted by Crippen LogP contribution is 2.22. The molecule has 1 atom stereocenters. The highest BCUT2D eigenvalue weighted by molar-refractivity contribution is 5.69. The third-order valence-electron chi connectivity index (χ3n) is 2.20. The minimum atomic E-state index is -0.155. The fourth-order valence-corrected chi connectivity index (χ4v) is 1.39. The highest BCUT2D eigenvalue weighted by atomic mass is 16.5. The minimum absolute atomic E-state index is 0.142. The van der Waals surface area contributed by atoms with Crippen LogP contribution in [0.5, 0.6) is 0 Å². The van der Waals surface area contributed by atoms with E-state index in [1.165, 1.54) is 0 Å². The molecule has 0 spiro atoms. The molecule has 1 aromatic carbocycles. The van der Waals surface area contributed by atoms with E-state index in [2.05, 4.69) is 6.92 Å². The molecule has 0 bridgehead atoms. The first-order chi connectivity index (χ1) is 7.27. The molecular formula is C13H17O2. The van der Waals surface area contributed by atoms with Crippen molar-refractivity contribution in [2.24, 2.45) is 0 Å². The van der Waals surface area contributed by atoms with E-state index in [9.17, 15) is 4.79 Å². The van der Waals surface area contributed by atoms with Crippen molar-refractivity contribution in [2.45, 2.75) is 32.3 Å². The van der Waals surface area contributed by atoms with E-state index in [-0.39, 0.29) is 12.1 Å². The summed E-state index contributed by atoms with van der Waals surface area (Å²) in [6.07, 6.45) is 1.81. The second-order valence-electron chi connectivity index (χ2n) is 3.38. The Labute approximate surface area is 91.3 Å². The summed E-state index contributed by atoms with van der Waals surface area (Å²) in [4.78, 5) is 11.2. The number of ether oxygens (including phenoxy) is 1. The van der Waals surface area contributed by atoms with Crippen LogP contribution in [0, 0.1) is 6.92 Å². The Bertz CT molecular complexity index is 293. The predicted octanol–water partition coefficient (Wildman–Crippen LogP) is 3.30. The van der Waals surface area contributed by atoms with Gasteiger partial charge in [0.05, 0.1) is 0 Å². The van der Waals surface area contributed by atoms with Crippen LogP contribution in [0.1, 0.15) is 37.9 Å². The maximum atomic E-state index is 11.2. The van der Waals surface area contributed by atoms with E-state index in [0.717, 1.165) is 18.4 Å². The first kappa shape index (κ1) is 11.8. The summed E-state index contributed by atoms with van der Waals surface area (Å²) in [6.45, 7) is 5.59. The predicted molar refractivity (Wildman–Crippen MR) is 60.2 cm³/mol. The van der Waals surface area contributed by atoms with Crippen molar-refractivity contribution < 1.29 is 9.53 Å². The van der Waals surface area contributed by atoms with Crippen LogP contribution in [0.2, 0.25) is 0 Å². The highest BCUT2D eigenvalue weighted by Gasteiger charge is 2.13. The molecule has 2 nitrogen and oxygen atoms in total. The number of rotatable bonds is 5. The van der Waals surface area contributed by atoms with Gasteiger partial charge in [-0.25, -0.2) is 0 Å². The van der Waals surface area contributed by atoms with Crippen LogP contribution in [0.3, 0.4) is 0 Å². The van der Waals surface area contributed by atoms with Crippen molar-refractivity contribution in [3.05, 3.63) is 42.8 Å². The van der Waals surface area contributed by atoms with Crippen LogP contribution in [0.4, 0.5) is 0 Å². The lowest BCUT2D eigenvalue weighted by molar-refractivity contribution is -0.149. The van der Waals surface area contributed by atoms with Crippen LogP contribution in [-0.2, 0) is 9.53 Å². The van der Waals surface area contributed by atoms with Gasteiger partial charge in [-0.05, 0) is 18.4 Å². The average molecular weight is 205 g/mol. The zero-order valence-corrected chi connectivity index (χ0v) is 9.11. The lowest BCUT2D eigenvalue weighted by Crippen LogP contribution is -2.10. The van der Waals surface area contributed by atoms with Gasteiger partial charge in [-0.1, -0.05) is 44.2 Å². The van der Waals surface area contributed by atoms with Gasteiger partial charge in [-0.15, -0.1) is 0 Å². The second kappa shape index (κ2) is 6.23. The number of carbonyl (C=O) groups excluding carboxylic acids is 1. The van der Waals surface area contributed by atoms with Crippen LogP contribution in [-0.4, -0.2) is 5.97 Å².